The van der Waals surface area contributed by atoms with Gasteiger partial charge in [0.05, 0.1) is 6.61 Å². The third-order valence-electron chi connectivity index (χ3n) is 2.01. The second-order valence-electron chi connectivity index (χ2n) is 3.38. The van der Waals surface area contributed by atoms with Crippen molar-refractivity contribution in [2.24, 2.45) is 0 Å². The number of nitrogens with one attached hydrogen (secondary N) is 1. The van der Waals surface area contributed by atoms with Gasteiger partial charge in [-0.05, 0) is 12.5 Å². The highest BCUT2D eigenvalue weighted by Gasteiger charge is 2.14. The average Bonchev–Trinajstić information content (AvgIpc) is 2.27. The molecule has 0 spiro atoms. The summed E-state index contributed by atoms with van der Waals surface area (Å²) in [6, 6.07) is 8.45. The fourth-order valence-electron chi connectivity index (χ4n) is 1.08. The highest BCUT2D eigenvalue weighted by Crippen LogP contribution is 2.01. The lowest BCUT2D eigenvalue weighted by Crippen LogP contribution is -2.42. The zero-order valence-electron chi connectivity index (χ0n) is 8.96. The molecule has 0 saturated heterocycles. The summed E-state index contributed by atoms with van der Waals surface area (Å²) < 4.78 is 5.03. The standard InChI is InChI=1S/C11H15NO4/c1-8(10(13)14)12-11(15)16-7-9-5-3-2-4-6-9/h2-6,8,11-12,15H,7H2,1H3,(H,13,14). The van der Waals surface area contributed by atoms with Crippen LogP contribution in [0.2, 0.25) is 0 Å². The summed E-state index contributed by atoms with van der Waals surface area (Å²) in [6.07, 6.45) is -1.29. The Morgan fingerprint density at radius 2 is 2.06 bits per heavy atom. The molecule has 0 aromatic heterocycles. The Morgan fingerprint density at radius 1 is 1.44 bits per heavy atom. The number of hydrogen-bond acceptors (Lipinski definition) is 4. The summed E-state index contributed by atoms with van der Waals surface area (Å²) >= 11 is 0. The minimum absolute atomic E-state index is 0.224. The largest absolute Gasteiger partial charge is 0.480 e. The fourth-order valence-corrected chi connectivity index (χ4v) is 1.08. The van der Waals surface area contributed by atoms with E-state index in [1.54, 1.807) is 0 Å². The second kappa shape index (κ2) is 6.22. The minimum atomic E-state index is -1.29. The summed E-state index contributed by atoms with van der Waals surface area (Å²) in [5, 5.41) is 20.3. The molecule has 2 unspecified atom stereocenters. The van der Waals surface area contributed by atoms with Crippen molar-refractivity contribution in [2.45, 2.75) is 26.0 Å². The number of carbonyl (C=O) groups is 1. The lowest BCUT2D eigenvalue weighted by Gasteiger charge is -2.16. The first-order chi connectivity index (χ1) is 7.59. The van der Waals surface area contributed by atoms with Crippen LogP contribution in [0.1, 0.15) is 12.5 Å². The van der Waals surface area contributed by atoms with Crippen molar-refractivity contribution in [2.75, 3.05) is 0 Å². The highest BCUT2D eigenvalue weighted by atomic mass is 16.6. The van der Waals surface area contributed by atoms with Crippen LogP contribution in [-0.2, 0) is 16.1 Å². The van der Waals surface area contributed by atoms with E-state index in [1.165, 1.54) is 6.92 Å². The van der Waals surface area contributed by atoms with Crippen LogP contribution in [0.3, 0.4) is 0 Å². The molecule has 5 heteroatoms. The molecule has 0 amide bonds. The predicted molar refractivity (Wildman–Crippen MR) is 57.5 cm³/mol. The van der Waals surface area contributed by atoms with Crippen molar-refractivity contribution in [3.05, 3.63) is 35.9 Å². The van der Waals surface area contributed by atoms with Crippen LogP contribution in [0.5, 0.6) is 0 Å². The van der Waals surface area contributed by atoms with Gasteiger partial charge in [0, 0.05) is 0 Å². The van der Waals surface area contributed by atoms with E-state index < -0.39 is 18.4 Å². The SMILES string of the molecule is CC(NC(O)OCc1ccccc1)C(=O)O. The molecule has 1 aromatic rings. The number of aliphatic hydroxyl groups is 1. The van der Waals surface area contributed by atoms with Gasteiger partial charge in [-0.3, -0.25) is 10.1 Å². The smallest absolute Gasteiger partial charge is 0.320 e. The van der Waals surface area contributed by atoms with E-state index >= 15 is 0 Å². The molecule has 0 saturated carbocycles. The molecular weight excluding hydrogens is 210 g/mol. The van der Waals surface area contributed by atoms with E-state index in [9.17, 15) is 9.90 Å². The van der Waals surface area contributed by atoms with Crippen molar-refractivity contribution < 1.29 is 19.7 Å². The summed E-state index contributed by atoms with van der Waals surface area (Å²) in [6.45, 7) is 1.65. The summed E-state index contributed by atoms with van der Waals surface area (Å²) in [7, 11) is 0. The lowest BCUT2D eigenvalue weighted by atomic mass is 10.2. The Hall–Kier alpha value is -1.43. The van der Waals surface area contributed by atoms with Gasteiger partial charge < -0.3 is 14.9 Å². The van der Waals surface area contributed by atoms with Crippen LogP contribution < -0.4 is 5.32 Å². The quantitative estimate of drug-likeness (QED) is 0.616. The molecule has 0 radical (unpaired) electrons. The summed E-state index contributed by atoms with van der Waals surface area (Å²) in [4.78, 5) is 10.5. The van der Waals surface area contributed by atoms with Crippen molar-refractivity contribution in [1.82, 2.24) is 5.32 Å². The van der Waals surface area contributed by atoms with Gasteiger partial charge >= 0.3 is 5.97 Å². The third kappa shape index (κ3) is 4.39. The molecule has 0 bridgehead atoms. The van der Waals surface area contributed by atoms with Gasteiger partial charge in [0.25, 0.3) is 0 Å². The number of aliphatic carboxylic acids is 1. The van der Waals surface area contributed by atoms with E-state index in [2.05, 4.69) is 5.32 Å². The molecule has 88 valence electrons. The topological polar surface area (TPSA) is 78.8 Å². The van der Waals surface area contributed by atoms with E-state index in [4.69, 9.17) is 9.84 Å². The number of ether oxygens (including phenoxy) is 1. The number of aliphatic hydroxyl groups excluding tert-OH is 1. The lowest BCUT2D eigenvalue weighted by molar-refractivity contribution is -0.153. The maximum atomic E-state index is 10.5. The monoisotopic (exact) mass is 225 g/mol. The van der Waals surface area contributed by atoms with E-state index in [-0.39, 0.29) is 6.61 Å². The van der Waals surface area contributed by atoms with Crippen LogP contribution in [0.4, 0.5) is 0 Å². The van der Waals surface area contributed by atoms with Crippen molar-refractivity contribution in [3.63, 3.8) is 0 Å². The second-order valence-corrected chi connectivity index (χ2v) is 3.38. The summed E-state index contributed by atoms with van der Waals surface area (Å²) in [5.41, 5.74) is 0.909. The third-order valence-corrected chi connectivity index (χ3v) is 2.01. The molecule has 1 aromatic carbocycles. The maximum Gasteiger partial charge on any atom is 0.320 e. The van der Waals surface area contributed by atoms with E-state index in [1.807, 2.05) is 30.3 Å². The Kier molecular flexibility index (Phi) is 4.91. The first-order valence-corrected chi connectivity index (χ1v) is 4.92. The van der Waals surface area contributed by atoms with E-state index in [0.29, 0.717) is 0 Å². The zero-order valence-corrected chi connectivity index (χ0v) is 8.96. The van der Waals surface area contributed by atoms with Gasteiger partial charge in [-0.2, -0.15) is 0 Å². The Labute approximate surface area is 93.7 Å². The zero-order chi connectivity index (χ0) is 12.0. The van der Waals surface area contributed by atoms with E-state index in [0.717, 1.165) is 5.56 Å². The highest BCUT2D eigenvalue weighted by molar-refractivity contribution is 5.72. The molecule has 0 fully saturated rings. The predicted octanol–water partition coefficient (Wildman–Crippen LogP) is 0.542. The molecule has 16 heavy (non-hydrogen) atoms. The van der Waals surface area contributed by atoms with Gasteiger partial charge in [0.2, 0.25) is 6.41 Å². The Bertz CT molecular complexity index is 328. The number of rotatable bonds is 6. The van der Waals surface area contributed by atoms with Crippen LogP contribution in [0.15, 0.2) is 30.3 Å². The van der Waals surface area contributed by atoms with Crippen LogP contribution in [0.25, 0.3) is 0 Å². The van der Waals surface area contributed by atoms with Gasteiger partial charge in [0.15, 0.2) is 0 Å². The van der Waals surface area contributed by atoms with Crippen molar-refractivity contribution >= 4 is 5.97 Å². The molecule has 1 rings (SSSR count). The molecule has 2 atom stereocenters. The fraction of sp³-hybridized carbons (Fsp3) is 0.364. The molecule has 3 N–H and O–H groups in total. The molecule has 0 aliphatic carbocycles. The van der Waals surface area contributed by atoms with Crippen molar-refractivity contribution in [3.8, 4) is 0 Å². The molecule has 5 nitrogen and oxygen atoms in total. The molecule has 0 aliphatic heterocycles. The number of carboxylic acid groups (broad SMARTS) is 1. The molecule has 0 aliphatic rings. The molecule has 0 heterocycles. The number of carboxylic acids is 1. The Morgan fingerprint density at radius 3 is 2.62 bits per heavy atom. The van der Waals surface area contributed by atoms with Crippen LogP contribution in [-0.4, -0.2) is 28.6 Å². The maximum absolute atomic E-state index is 10.5. The number of benzene rings is 1. The molecular formula is C11H15NO4. The first kappa shape index (κ1) is 12.6. The van der Waals surface area contributed by atoms with Gasteiger partial charge in [-0.1, -0.05) is 30.3 Å². The van der Waals surface area contributed by atoms with Gasteiger partial charge in [0.1, 0.15) is 6.04 Å². The van der Waals surface area contributed by atoms with Gasteiger partial charge in [-0.15, -0.1) is 0 Å². The average molecular weight is 225 g/mol. The minimum Gasteiger partial charge on any atom is -0.480 e. The van der Waals surface area contributed by atoms with Crippen LogP contribution in [0, 0.1) is 0 Å². The first-order valence-electron chi connectivity index (χ1n) is 4.92. The summed E-state index contributed by atoms with van der Waals surface area (Å²) in [5.74, 6) is -1.04. The normalized spacial score (nSPS) is 14.4. The van der Waals surface area contributed by atoms with Crippen LogP contribution >= 0.6 is 0 Å². The number of hydrogen-bond donors (Lipinski definition) is 3. The Balaban J connectivity index is 2.30. The van der Waals surface area contributed by atoms with Gasteiger partial charge in [-0.25, -0.2) is 0 Å². The van der Waals surface area contributed by atoms with Crippen molar-refractivity contribution in [1.29, 1.82) is 0 Å².